The number of carbonyl (C=O) groups is 2. The number of hydrogen-bond acceptors (Lipinski definition) is 7. The highest BCUT2D eigenvalue weighted by molar-refractivity contribution is 6.02. The molecule has 11 heteroatoms. The van der Waals surface area contributed by atoms with Crippen molar-refractivity contribution in [1.29, 1.82) is 0 Å². The lowest BCUT2D eigenvalue weighted by Gasteiger charge is -2.30. The predicted molar refractivity (Wildman–Crippen MR) is 113 cm³/mol. The van der Waals surface area contributed by atoms with Crippen LogP contribution < -0.4 is 22.1 Å². The Kier molecular flexibility index (Phi) is 5.42. The van der Waals surface area contributed by atoms with Gasteiger partial charge in [0.05, 0.1) is 11.3 Å². The number of primary amides is 1. The monoisotopic (exact) mass is 427 g/mol. The van der Waals surface area contributed by atoms with Crippen LogP contribution in [0.15, 0.2) is 24.4 Å². The van der Waals surface area contributed by atoms with Crippen LogP contribution in [-0.2, 0) is 0 Å². The summed E-state index contributed by atoms with van der Waals surface area (Å²) in [4.78, 5) is 34.2. The number of H-pyrrole nitrogens is 1. The second-order valence-corrected chi connectivity index (χ2v) is 7.51. The van der Waals surface area contributed by atoms with Gasteiger partial charge in [-0.05, 0) is 31.0 Å². The number of carboxylic acids is 1. The van der Waals surface area contributed by atoms with Crippen LogP contribution in [0.4, 0.5) is 21.7 Å². The number of anilines is 3. The Morgan fingerprint density at radius 1 is 1.23 bits per heavy atom. The van der Waals surface area contributed by atoms with Crippen LogP contribution in [-0.4, -0.2) is 44.0 Å². The van der Waals surface area contributed by atoms with Gasteiger partial charge in [-0.15, -0.1) is 0 Å². The summed E-state index contributed by atoms with van der Waals surface area (Å²) >= 11 is 0. The molecule has 8 N–H and O–H groups in total. The minimum Gasteiger partial charge on any atom is -0.477 e. The molecule has 3 heterocycles. The first-order chi connectivity index (χ1) is 14.8. The molecule has 1 saturated carbocycles. The summed E-state index contributed by atoms with van der Waals surface area (Å²) in [6.07, 6.45) is 5.08. The maximum atomic E-state index is 14.7. The van der Waals surface area contributed by atoms with Crippen LogP contribution >= 0.6 is 0 Å². The van der Waals surface area contributed by atoms with Crippen molar-refractivity contribution >= 4 is 40.2 Å². The fraction of sp³-hybridized carbons (Fsp3) is 0.300. The standard InChI is InChI=1S/C20H22FN7O3/c21-11-7-10(16(23)29)18(28-19(11)26-14-4-2-1-3-12(14)22)25-13-5-6-24-17-9(13)8-15(27-17)20(30)31/h5-8,12,14H,1-4,22H2,(H2,23,29)(H,30,31)(H3,24,25,26,27,28). The molecule has 0 aromatic carbocycles. The predicted octanol–water partition coefficient (Wildman–Crippen LogP) is 2.32. The molecule has 1 aliphatic carbocycles. The Balaban J connectivity index is 1.72. The van der Waals surface area contributed by atoms with E-state index in [9.17, 15) is 19.1 Å². The summed E-state index contributed by atoms with van der Waals surface area (Å²) in [5.41, 5.74) is 12.1. The highest BCUT2D eigenvalue weighted by atomic mass is 19.1. The summed E-state index contributed by atoms with van der Waals surface area (Å²) in [5.74, 6) is -2.73. The number of aromatic carboxylic acids is 1. The Morgan fingerprint density at radius 3 is 2.71 bits per heavy atom. The molecule has 1 amide bonds. The van der Waals surface area contributed by atoms with E-state index in [2.05, 4.69) is 25.6 Å². The van der Waals surface area contributed by atoms with Crippen LogP contribution in [0, 0.1) is 5.82 Å². The molecule has 162 valence electrons. The van der Waals surface area contributed by atoms with Crippen molar-refractivity contribution in [2.24, 2.45) is 11.5 Å². The number of nitrogens with zero attached hydrogens (tertiary/aromatic N) is 2. The van der Waals surface area contributed by atoms with Crippen molar-refractivity contribution in [3.05, 3.63) is 41.5 Å². The molecule has 31 heavy (non-hydrogen) atoms. The molecular weight excluding hydrogens is 405 g/mol. The van der Waals surface area contributed by atoms with E-state index in [1.165, 1.54) is 12.3 Å². The van der Waals surface area contributed by atoms with Gasteiger partial charge in [0.15, 0.2) is 11.6 Å². The maximum absolute atomic E-state index is 14.7. The summed E-state index contributed by atoms with van der Waals surface area (Å²) in [6, 6.07) is 3.74. The number of rotatable bonds is 6. The Labute approximate surface area is 176 Å². The van der Waals surface area contributed by atoms with Gasteiger partial charge in [-0.3, -0.25) is 4.79 Å². The number of carbonyl (C=O) groups excluding carboxylic acids is 1. The van der Waals surface area contributed by atoms with Crippen LogP contribution in [0.2, 0.25) is 0 Å². The minimum absolute atomic E-state index is 0.0337. The molecule has 0 bridgehead atoms. The molecule has 2 atom stereocenters. The average molecular weight is 427 g/mol. The zero-order valence-corrected chi connectivity index (χ0v) is 16.5. The van der Waals surface area contributed by atoms with E-state index >= 15 is 0 Å². The van der Waals surface area contributed by atoms with Gasteiger partial charge < -0.3 is 32.2 Å². The van der Waals surface area contributed by atoms with Gasteiger partial charge in [0.2, 0.25) is 0 Å². The van der Waals surface area contributed by atoms with Crippen molar-refractivity contribution in [3.63, 3.8) is 0 Å². The first-order valence-corrected chi connectivity index (χ1v) is 9.84. The molecule has 1 fully saturated rings. The first-order valence-electron chi connectivity index (χ1n) is 9.84. The number of aromatic nitrogens is 3. The van der Waals surface area contributed by atoms with Crippen molar-refractivity contribution in [2.75, 3.05) is 10.6 Å². The first kappa shape index (κ1) is 20.5. The van der Waals surface area contributed by atoms with Gasteiger partial charge in [0.25, 0.3) is 5.91 Å². The lowest BCUT2D eigenvalue weighted by molar-refractivity contribution is 0.0691. The van der Waals surface area contributed by atoms with Crippen molar-refractivity contribution in [1.82, 2.24) is 15.0 Å². The summed E-state index contributed by atoms with van der Waals surface area (Å²) in [7, 11) is 0. The van der Waals surface area contributed by atoms with Gasteiger partial charge in [0.1, 0.15) is 17.2 Å². The molecule has 3 aromatic rings. The SMILES string of the molecule is NC(=O)c1cc(F)c(NC2CCCCC2N)nc1Nc1ccnc2[nH]c(C(=O)O)cc12. The molecule has 1 aliphatic rings. The topological polar surface area (TPSA) is 172 Å². The number of carboxylic acid groups (broad SMARTS) is 1. The lowest BCUT2D eigenvalue weighted by atomic mass is 9.91. The van der Waals surface area contributed by atoms with Crippen LogP contribution in [0.3, 0.4) is 0 Å². The van der Waals surface area contributed by atoms with Gasteiger partial charge in [-0.1, -0.05) is 12.8 Å². The molecule has 10 nitrogen and oxygen atoms in total. The van der Waals surface area contributed by atoms with Crippen LogP contribution in [0.25, 0.3) is 11.0 Å². The number of halogens is 1. The van der Waals surface area contributed by atoms with E-state index in [1.807, 2.05) is 0 Å². The smallest absolute Gasteiger partial charge is 0.352 e. The molecule has 2 unspecified atom stereocenters. The number of amides is 1. The number of aromatic amines is 1. The Hall–Kier alpha value is -3.73. The van der Waals surface area contributed by atoms with Gasteiger partial charge >= 0.3 is 5.97 Å². The third-order valence-corrected chi connectivity index (χ3v) is 5.40. The van der Waals surface area contributed by atoms with Gasteiger partial charge in [-0.25, -0.2) is 19.2 Å². The van der Waals surface area contributed by atoms with E-state index in [0.717, 1.165) is 31.7 Å². The second-order valence-electron chi connectivity index (χ2n) is 7.51. The quantitative estimate of drug-likeness (QED) is 0.348. The molecule has 0 aliphatic heterocycles. The Bertz CT molecular complexity index is 1160. The minimum atomic E-state index is -1.14. The normalized spacial score (nSPS) is 18.6. The largest absolute Gasteiger partial charge is 0.477 e. The number of pyridine rings is 2. The van der Waals surface area contributed by atoms with Crippen LogP contribution in [0.1, 0.15) is 46.5 Å². The Morgan fingerprint density at radius 2 is 2.00 bits per heavy atom. The van der Waals surface area contributed by atoms with Crippen molar-refractivity contribution < 1.29 is 19.1 Å². The second kappa shape index (κ2) is 8.19. The maximum Gasteiger partial charge on any atom is 0.352 e. The van der Waals surface area contributed by atoms with E-state index in [0.29, 0.717) is 16.7 Å². The molecular formula is C20H22FN7O3. The summed E-state index contributed by atoms with van der Waals surface area (Å²) in [6.45, 7) is 0. The third-order valence-electron chi connectivity index (χ3n) is 5.40. The fourth-order valence-electron chi connectivity index (χ4n) is 3.77. The molecule has 4 rings (SSSR count). The third kappa shape index (κ3) is 4.12. The highest BCUT2D eigenvalue weighted by Crippen LogP contribution is 2.29. The van der Waals surface area contributed by atoms with E-state index < -0.39 is 17.7 Å². The van der Waals surface area contributed by atoms with E-state index in [1.54, 1.807) is 6.07 Å². The fourth-order valence-corrected chi connectivity index (χ4v) is 3.77. The van der Waals surface area contributed by atoms with E-state index in [-0.39, 0.29) is 35.0 Å². The lowest BCUT2D eigenvalue weighted by Crippen LogP contribution is -2.43. The van der Waals surface area contributed by atoms with Crippen molar-refractivity contribution in [3.8, 4) is 0 Å². The van der Waals surface area contributed by atoms with Crippen LogP contribution in [0.5, 0.6) is 0 Å². The van der Waals surface area contributed by atoms with Gasteiger partial charge in [-0.2, -0.15) is 0 Å². The number of fused-ring (bicyclic) bond motifs is 1. The average Bonchev–Trinajstić information content (AvgIpc) is 3.17. The van der Waals surface area contributed by atoms with Crippen molar-refractivity contribution in [2.45, 2.75) is 37.8 Å². The zero-order valence-electron chi connectivity index (χ0n) is 16.5. The molecule has 0 saturated heterocycles. The number of nitrogens with one attached hydrogen (secondary N) is 3. The highest BCUT2D eigenvalue weighted by Gasteiger charge is 2.25. The summed E-state index contributed by atoms with van der Waals surface area (Å²) in [5, 5.41) is 15.7. The van der Waals surface area contributed by atoms with E-state index in [4.69, 9.17) is 11.5 Å². The number of nitrogens with two attached hydrogens (primary N) is 2. The molecule has 0 radical (unpaired) electrons. The summed E-state index contributed by atoms with van der Waals surface area (Å²) < 4.78 is 14.7. The van der Waals surface area contributed by atoms with Gasteiger partial charge in [0, 0.05) is 23.7 Å². The number of hydrogen-bond donors (Lipinski definition) is 6. The molecule has 0 spiro atoms. The zero-order chi connectivity index (χ0) is 22.1. The molecule has 3 aromatic heterocycles.